The minimum atomic E-state index is -0.443. The second-order valence-corrected chi connectivity index (χ2v) is 4.90. The molecule has 1 aromatic carbocycles. The van der Waals surface area contributed by atoms with Crippen LogP contribution in [0, 0.1) is 12.8 Å². The van der Waals surface area contributed by atoms with Crippen LogP contribution in [-0.2, 0) is 11.2 Å². The molecule has 0 aromatic heterocycles. The van der Waals surface area contributed by atoms with Crippen molar-refractivity contribution in [3.8, 4) is 0 Å². The summed E-state index contributed by atoms with van der Waals surface area (Å²) in [6.07, 6.45) is 1.87. The van der Waals surface area contributed by atoms with Crippen LogP contribution in [-0.4, -0.2) is 11.9 Å². The summed E-state index contributed by atoms with van der Waals surface area (Å²) in [5, 5.41) is 2.89. The summed E-state index contributed by atoms with van der Waals surface area (Å²) in [5.41, 5.74) is 9.25. The van der Waals surface area contributed by atoms with Gasteiger partial charge in [0.1, 0.15) is 0 Å². The maximum Gasteiger partial charge on any atom is 0.241 e. The van der Waals surface area contributed by atoms with Gasteiger partial charge < -0.3 is 11.1 Å². The molecule has 3 nitrogen and oxygen atoms in total. The Kier molecular flexibility index (Phi) is 5.35. The van der Waals surface area contributed by atoms with Crippen LogP contribution in [0.5, 0.6) is 0 Å². The van der Waals surface area contributed by atoms with E-state index in [4.69, 9.17) is 5.73 Å². The number of amides is 1. The predicted octanol–water partition coefficient (Wildman–Crippen LogP) is 2.87. The lowest BCUT2D eigenvalue weighted by atomic mass is 9.99. The SMILES string of the molecule is CCc1cc(NC(=O)[C@@H](N)[C@@H](C)CC)ccc1C. The zero-order valence-corrected chi connectivity index (χ0v) is 11.8. The van der Waals surface area contributed by atoms with Crippen LogP contribution in [0.4, 0.5) is 5.69 Å². The van der Waals surface area contributed by atoms with Crippen molar-refractivity contribution in [1.29, 1.82) is 0 Å². The van der Waals surface area contributed by atoms with Crippen molar-refractivity contribution in [3.05, 3.63) is 29.3 Å². The van der Waals surface area contributed by atoms with Crippen LogP contribution in [0.15, 0.2) is 18.2 Å². The lowest BCUT2D eigenvalue weighted by Gasteiger charge is -2.18. The van der Waals surface area contributed by atoms with E-state index in [1.165, 1.54) is 11.1 Å². The molecular formula is C15H24N2O. The molecule has 100 valence electrons. The molecule has 3 heteroatoms. The van der Waals surface area contributed by atoms with Crippen molar-refractivity contribution in [2.75, 3.05) is 5.32 Å². The number of aryl methyl sites for hydroxylation is 2. The zero-order chi connectivity index (χ0) is 13.7. The Morgan fingerprint density at radius 1 is 1.39 bits per heavy atom. The molecule has 0 bridgehead atoms. The molecule has 0 aliphatic rings. The molecule has 1 amide bonds. The first kappa shape index (κ1) is 14.7. The lowest BCUT2D eigenvalue weighted by molar-refractivity contribution is -0.118. The van der Waals surface area contributed by atoms with Crippen molar-refractivity contribution in [1.82, 2.24) is 0 Å². The van der Waals surface area contributed by atoms with E-state index < -0.39 is 6.04 Å². The molecule has 0 aliphatic carbocycles. The van der Waals surface area contributed by atoms with Gasteiger partial charge in [-0.2, -0.15) is 0 Å². The molecule has 2 atom stereocenters. The normalized spacial score (nSPS) is 14.1. The number of carbonyl (C=O) groups excluding carboxylic acids is 1. The number of nitrogens with two attached hydrogens (primary N) is 1. The van der Waals surface area contributed by atoms with Crippen molar-refractivity contribution < 1.29 is 4.79 Å². The van der Waals surface area contributed by atoms with E-state index in [2.05, 4.69) is 19.2 Å². The Morgan fingerprint density at radius 2 is 2.06 bits per heavy atom. The monoisotopic (exact) mass is 248 g/mol. The third-order valence-corrected chi connectivity index (χ3v) is 3.56. The first-order valence-corrected chi connectivity index (χ1v) is 6.65. The quantitative estimate of drug-likeness (QED) is 0.842. The molecule has 18 heavy (non-hydrogen) atoms. The number of hydrogen-bond acceptors (Lipinski definition) is 2. The topological polar surface area (TPSA) is 55.1 Å². The van der Waals surface area contributed by atoms with E-state index in [1.807, 2.05) is 32.0 Å². The van der Waals surface area contributed by atoms with Crippen LogP contribution >= 0.6 is 0 Å². The Morgan fingerprint density at radius 3 is 2.61 bits per heavy atom. The molecule has 0 heterocycles. The van der Waals surface area contributed by atoms with E-state index in [0.29, 0.717) is 0 Å². The minimum Gasteiger partial charge on any atom is -0.325 e. The first-order valence-electron chi connectivity index (χ1n) is 6.65. The highest BCUT2D eigenvalue weighted by Crippen LogP contribution is 2.16. The minimum absolute atomic E-state index is 0.102. The van der Waals surface area contributed by atoms with E-state index in [0.717, 1.165) is 18.5 Å². The highest BCUT2D eigenvalue weighted by molar-refractivity contribution is 5.94. The van der Waals surface area contributed by atoms with Gasteiger partial charge in [-0.25, -0.2) is 0 Å². The van der Waals surface area contributed by atoms with Crippen molar-refractivity contribution in [3.63, 3.8) is 0 Å². The molecule has 0 unspecified atom stereocenters. The average molecular weight is 248 g/mol. The fourth-order valence-corrected chi connectivity index (χ4v) is 1.87. The summed E-state index contributed by atoms with van der Waals surface area (Å²) < 4.78 is 0. The molecule has 1 rings (SSSR count). The van der Waals surface area contributed by atoms with Gasteiger partial charge in [-0.05, 0) is 42.5 Å². The second kappa shape index (κ2) is 6.55. The van der Waals surface area contributed by atoms with Crippen LogP contribution in [0.2, 0.25) is 0 Å². The van der Waals surface area contributed by atoms with Gasteiger partial charge in [0.05, 0.1) is 6.04 Å². The fourth-order valence-electron chi connectivity index (χ4n) is 1.87. The molecular weight excluding hydrogens is 224 g/mol. The third-order valence-electron chi connectivity index (χ3n) is 3.56. The average Bonchev–Trinajstić information content (AvgIpc) is 2.38. The molecule has 3 N–H and O–H groups in total. The molecule has 0 fully saturated rings. The number of rotatable bonds is 5. The smallest absolute Gasteiger partial charge is 0.241 e. The molecule has 1 aromatic rings. The third kappa shape index (κ3) is 3.57. The van der Waals surface area contributed by atoms with E-state index in [1.54, 1.807) is 0 Å². The number of anilines is 1. The number of benzene rings is 1. The summed E-state index contributed by atoms with van der Waals surface area (Å²) in [6, 6.07) is 5.54. The van der Waals surface area contributed by atoms with Gasteiger partial charge in [0, 0.05) is 5.69 Å². The second-order valence-electron chi connectivity index (χ2n) is 4.90. The Balaban J connectivity index is 2.76. The van der Waals surface area contributed by atoms with Crippen LogP contribution < -0.4 is 11.1 Å². The molecule has 0 radical (unpaired) electrons. The summed E-state index contributed by atoms with van der Waals surface area (Å²) in [6.45, 7) is 8.23. The zero-order valence-electron chi connectivity index (χ0n) is 11.8. The molecule has 0 aliphatic heterocycles. The van der Waals surface area contributed by atoms with Gasteiger partial charge in [-0.3, -0.25) is 4.79 Å². The van der Waals surface area contributed by atoms with E-state index in [-0.39, 0.29) is 11.8 Å². The summed E-state index contributed by atoms with van der Waals surface area (Å²) in [7, 11) is 0. The number of nitrogens with one attached hydrogen (secondary N) is 1. The molecule has 0 spiro atoms. The first-order chi connectivity index (χ1) is 8.49. The summed E-state index contributed by atoms with van der Waals surface area (Å²) in [4.78, 5) is 12.0. The Labute approximate surface area is 110 Å². The summed E-state index contributed by atoms with van der Waals surface area (Å²) >= 11 is 0. The fraction of sp³-hybridized carbons (Fsp3) is 0.533. The molecule has 0 saturated carbocycles. The van der Waals surface area contributed by atoms with Crippen LogP contribution in [0.1, 0.15) is 38.3 Å². The highest BCUT2D eigenvalue weighted by atomic mass is 16.2. The standard InChI is InChI=1S/C15H24N2O/c1-5-10(3)14(16)15(18)17-13-8-7-11(4)12(6-2)9-13/h7-10,14H,5-6,16H2,1-4H3,(H,17,18)/t10-,14-/m0/s1. The number of carbonyl (C=O) groups is 1. The van der Waals surface area contributed by atoms with Gasteiger partial charge in [0.15, 0.2) is 0 Å². The van der Waals surface area contributed by atoms with Gasteiger partial charge in [-0.1, -0.05) is 33.3 Å². The van der Waals surface area contributed by atoms with E-state index >= 15 is 0 Å². The lowest BCUT2D eigenvalue weighted by Crippen LogP contribution is -2.40. The summed E-state index contributed by atoms with van der Waals surface area (Å²) in [5.74, 6) is 0.0938. The van der Waals surface area contributed by atoms with Gasteiger partial charge in [-0.15, -0.1) is 0 Å². The van der Waals surface area contributed by atoms with Gasteiger partial charge >= 0.3 is 0 Å². The van der Waals surface area contributed by atoms with E-state index in [9.17, 15) is 4.79 Å². The van der Waals surface area contributed by atoms with Crippen molar-refractivity contribution in [2.24, 2.45) is 11.7 Å². The van der Waals surface area contributed by atoms with Crippen molar-refractivity contribution in [2.45, 2.75) is 46.6 Å². The van der Waals surface area contributed by atoms with Gasteiger partial charge in [0.25, 0.3) is 0 Å². The van der Waals surface area contributed by atoms with Gasteiger partial charge in [0.2, 0.25) is 5.91 Å². The predicted molar refractivity (Wildman–Crippen MR) is 76.6 cm³/mol. The van der Waals surface area contributed by atoms with Crippen molar-refractivity contribution >= 4 is 11.6 Å². The van der Waals surface area contributed by atoms with Crippen LogP contribution in [0.25, 0.3) is 0 Å². The van der Waals surface area contributed by atoms with Crippen LogP contribution in [0.3, 0.4) is 0 Å². The highest BCUT2D eigenvalue weighted by Gasteiger charge is 2.19. The maximum atomic E-state index is 12.0. The Bertz CT molecular complexity index is 415. The Hall–Kier alpha value is -1.35. The number of hydrogen-bond donors (Lipinski definition) is 2. The largest absolute Gasteiger partial charge is 0.325 e. The maximum absolute atomic E-state index is 12.0. The molecule has 0 saturated heterocycles.